The summed E-state index contributed by atoms with van der Waals surface area (Å²) in [5.41, 5.74) is 1.17. The van der Waals surface area contributed by atoms with Gasteiger partial charge in [0.05, 0.1) is 12.2 Å². The highest BCUT2D eigenvalue weighted by Gasteiger charge is 2.28. The lowest BCUT2D eigenvalue weighted by Crippen LogP contribution is -2.19. The Labute approximate surface area is 83.3 Å². The summed E-state index contributed by atoms with van der Waals surface area (Å²) in [5.74, 6) is 0.455. The Kier molecular flexibility index (Phi) is 2.54. The van der Waals surface area contributed by atoms with E-state index in [0.29, 0.717) is 19.0 Å². The van der Waals surface area contributed by atoms with Gasteiger partial charge in [0.1, 0.15) is 6.17 Å². The molecule has 2 atom stereocenters. The number of alkyl halides is 1. The van der Waals surface area contributed by atoms with Gasteiger partial charge in [-0.15, -0.1) is 0 Å². The van der Waals surface area contributed by atoms with Crippen molar-refractivity contribution in [1.82, 2.24) is 15.1 Å². The van der Waals surface area contributed by atoms with Gasteiger partial charge in [-0.2, -0.15) is 5.10 Å². The van der Waals surface area contributed by atoms with E-state index in [1.807, 2.05) is 12.4 Å². The predicted molar refractivity (Wildman–Crippen MR) is 53.1 cm³/mol. The second kappa shape index (κ2) is 3.69. The molecule has 1 N–H and O–H groups in total. The van der Waals surface area contributed by atoms with Crippen LogP contribution in [0.1, 0.15) is 31.4 Å². The molecule has 3 nitrogen and oxygen atoms in total. The summed E-state index contributed by atoms with van der Waals surface area (Å²) in [6.45, 7) is 5.35. The fourth-order valence-electron chi connectivity index (χ4n) is 1.72. The molecular weight excluding hydrogens is 181 g/mol. The van der Waals surface area contributed by atoms with Crippen molar-refractivity contribution in [2.24, 2.45) is 0 Å². The number of nitrogens with one attached hydrogen (secondary N) is 1. The topological polar surface area (TPSA) is 29.9 Å². The quantitative estimate of drug-likeness (QED) is 0.778. The number of rotatable bonds is 2. The van der Waals surface area contributed by atoms with Crippen LogP contribution in [0.25, 0.3) is 0 Å². The van der Waals surface area contributed by atoms with Gasteiger partial charge in [-0.05, 0) is 11.5 Å². The lowest BCUT2D eigenvalue weighted by Gasteiger charge is -2.11. The molecule has 0 radical (unpaired) electrons. The van der Waals surface area contributed by atoms with Crippen molar-refractivity contribution in [2.75, 3.05) is 13.1 Å². The zero-order chi connectivity index (χ0) is 10.1. The molecule has 0 aliphatic carbocycles. The summed E-state index contributed by atoms with van der Waals surface area (Å²) in [4.78, 5) is 0. The molecule has 0 bridgehead atoms. The monoisotopic (exact) mass is 197 g/mol. The first-order valence-corrected chi connectivity index (χ1v) is 5.07. The van der Waals surface area contributed by atoms with Crippen LogP contribution < -0.4 is 5.32 Å². The smallest absolute Gasteiger partial charge is 0.136 e. The van der Waals surface area contributed by atoms with Gasteiger partial charge in [-0.3, -0.25) is 4.68 Å². The average Bonchev–Trinajstić information content (AvgIpc) is 2.71. The van der Waals surface area contributed by atoms with Crippen LogP contribution in [0.5, 0.6) is 0 Å². The number of hydrogen-bond acceptors (Lipinski definition) is 2. The third kappa shape index (κ3) is 1.66. The van der Waals surface area contributed by atoms with Crippen LogP contribution in [-0.2, 0) is 0 Å². The Bertz CT molecular complexity index is 308. The number of aromatic nitrogens is 2. The van der Waals surface area contributed by atoms with Crippen molar-refractivity contribution in [1.29, 1.82) is 0 Å². The molecule has 1 aromatic heterocycles. The minimum Gasteiger partial charge on any atom is -0.312 e. The third-order valence-electron chi connectivity index (χ3n) is 2.74. The van der Waals surface area contributed by atoms with Gasteiger partial charge in [0.15, 0.2) is 0 Å². The maximum Gasteiger partial charge on any atom is 0.136 e. The van der Waals surface area contributed by atoms with E-state index in [-0.39, 0.29) is 6.04 Å². The molecule has 0 amide bonds. The van der Waals surface area contributed by atoms with Crippen LogP contribution in [0.4, 0.5) is 4.39 Å². The van der Waals surface area contributed by atoms with Gasteiger partial charge >= 0.3 is 0 Å². The van der Waals surface area contributed by atoms with Crippen LogP contribution in [0, 0.1) is 0 Å². The highest BCUT2D eigenvalue weighted by molar-refractivity contribution is 5.10. The van der Waals surface area contributed by atoms with Crippen molar-refractivity contribution in [3.05, 3.63) is 18.0 Å². The van der Waals surface area contributed by atoms with E-state index in [2.05, 4.69) is 24.3 Å². The lowest BCUT2D eigenvalue weighted by atomic mass is 10.1. The molecule has 78 valence electrons. The van der Waals surface area contributed by atoms with Gasteiger partial charge in [0, 0.05) is 19.3 Å². The molecule has 1 aliphatic heterocycles. The Morgan fingerprint density at radius 2 is 2.36 bits per heavy atom. The summed E-state index contributed by atoms with van der Waals surface area (Å²) in [6.07, 6.45) is 2.97. The Morgan fingerprint density at radius 3 is 2.86 bits per heavy atom. The van der Waals surface area contributed by atoms with Gasteiger partial charge in [-0.25, -0.2) is 4.39 Å². The first kappa shape index (κ1) is 9.65. The predicted octanol–water partition coefficient (Wildman–Crippen LogP) is 1.49. The fourth-order valence-corrected chi connectivity index (χ4v) is 1.72. The van der Waals surface area contributed by atoms with Crippen molar-refractivity contribution in [3.8, 4) is 0 Å². The molecule has 1 aliphatic rings. The molecule has 1 fully saturated rings. The van der Waals surface area contributed by atoms with Crippen LogP contribution in [0.15, 0.2) is 12.4 Å². The van der Waals surface area contributed by atoms with Crippen molar-refractivity contribution in [3.63, 3.8) is 0 Å². The standard InChI is InChI=1S/C10H16FN3/c1-7(2)8-3-13-14(6-8)10-5-12-4-9(10)11/h3,6-7,9-10,12H,4-5H2,1-2H3/t9-,10-/m1/s1. The minimum atomic E-state index is -0.810. The van der Waals surface area contributed by atoms with E-state index in [9.17, 15) is 4.39 Å². The fraction of sp³-hybridized carbons (Fsp3) is 0.700. The van der Waals surface area contributed by atoms with Gasteiger partial charge in [0.25, 0.3) is 0 Å². The maximum absolute atomic E-state index is 13.4. The van der Waals surface area contributed by atoms with E-state index in [1.54, 1.807) is 4.68 Å². The first-order valence-electron chi connectivity index (χ1n) is 5.07. The molecule has 4 heteroatoms. The summed E-state index contributed by atoms with van der Waals surface area (Å²) < 4.78 is 15.1. The summed E-state index contributed by atoms with van der Waals surface area (Å²) >= 11 is 0. The number of hydrogen-bond donors (Lipinski definition) is 1. The maximum atomic E-state index is 13.4. The minimum absolute atomic E-state index is 0.123. The summed E-state index contributed by atoms with van der Waals surface area (Å²) in [6, 6.07) is -0.123. The van der Waals surface area contributed by atoms with E-state index < -0.39 is 6.17 Å². The van der Waals surface area contributed by atoms with Crippen LogP contribution in [0.2, 0.25) is 0 Å². The molecule has 0 spiro atoms. The third-order valence-corrected chi connectivity index (χ3v) is 2.74. The average molecular weight is 197 g/mol. The molecule has 0 saturated carbocycles. The van der Waals surface area contributed by atoms with Crippen molar-refractivity contribution in [2.45, 2.75) is 32.0 Å². The second-order valence-electron chi connectivity index (χ2n) is 4.15. The zero-order valence-electron chi connectivity index (χ0n) is 8.57. The zero-order valence-corrected chi connectivity index (χ0v) is 8.57. The molecule has 2 heterocycles. The van der Waals surface area contributed by atoms with E-state index in [0.717, 1.165) is 0 Å². The largest absolute Gasteiger partial charge is 0.312 e. The SMILES string of the molecule is CC(C)c1cnn([C@@H]2CNC[C@H]2F)c1. The van der Waals surface area contributed by atoms with Crippen LogP contribution in [0.3, 0.4) is 0 Å². The Morgan fingerprint density at radius 1 is 1.57 bits per heavy atom. The molecule has 0 unspecified atom stereocenters. The molecule has 2 rings (SSSR count). The van der Waals surface area contributed by atoms with Crippen molar-refractivity contribution >= 4 is 0 Å². The molecule has 0 aromatic carbocycles. The van der Waals surface area contributed by atoms with E-state index in [1.165, 1.54) is 5.56 Å². The Balaban J connectivity index is 2.16. The van der Waals surface area contributed by atoms with Gasteiger partial charge in [0.2, 0.25) is 0 Å². The molecule has 1 aromatic rings. The number of nitrogens with zero attached hydrogens (tertiary/aromatic N) is 2. The summed E-state index contributed by atoms with van der Waals surface area (Å²) in [5, 5.41) is 7.23. The van der Waals surface area contributed by atoms with Gasteiger partial charge in [-0.1, -0.05) is 13.8 Å². The molecule has 1 saturated heterocycles. The summed E-state index contributed by atoms with van der Waals surface area (Å²) in [7, 11) is 0. The lowest BCUT2D eigenvalue weighted by molar-refractivity contribution is 0.269. The first-order chi connectivity index (χ1) is 6.68. The highest BCUT2D eigenvalue weighted by Crippen LogP contribution is 2.20. The highest BCUT2D eigenvalue weighted by atomic mass is 19.1. The molecule has 14 heavy (non-hydrogen) atoms. The second-order valence-corrected chi connectivity index (χ2v) is 4.15. The van der Waals surface area contributed by atoms with E-state index in [4.69, 9.17) is 0 Å². The van der Waals surface area contributed by atoms with Crippen LogP contribution in [-0.4, -0.2) is 29.0 Å². The van der Waals surface area contributed by atoms with Crippen molar-refractivity contribution < 1.29 is 4.39 Å². The van der Waals surface area contributed by atoms with Gasteiger partial charge < -0.3 is 5.32 Å². The Hall–Kier alpha value is -0.900. The molecular formula is C10H16FN3. The van der Waals surface area contributed by atoms with E-state index >= 15 is 0 Å². The number of halogens is 1. The normalized spacial score (nSPS) is 27.4. The van der Waals surface area contributed by atoms with Crippen LogP contribution >= 0.6 is 0 Å².